The van der Waals surface area contributed by atoms with E-state index in [0.717, 1.165) is 11.0 Å². The lowest BCUT2D eigenvalue weighted by Gasteiger charge is -2.18. The second-order valence-corrected chi connectivity index (χ2v) is 4.64. The number of hydrogen-bond acceptors (Lipinski definition) is 4. The summed E-state index contributed by atoms with van der Waals surface area (Å²) < 4.78 is 13.7. The molecule has 1 aliphatic heterocycles. The Labute approximate surface area is 110 Å². The highest BCUT2D eigenvalue weighted by Gasteiger charge is 2.36. The van der Waals surface area contributed by atoms with E-state index in [2.05, 4.69) is 5.32 Å². The average Bonchev–Trinajstić information content (AvgIpc) is 2.57. The third-order valence-electron chi connectivity index (χ3n) is 3.28. The molecule has 1 aliphatic rings. The van der Waals surface area contributed by atoms with Crippen molar-refractivity contribution < 1.29 is 19.1 Å². The second-order valence-electron chi connectivity index (χ2n) is 4.64. The van der Waals surface area contributed by atoms with Gasteiger partial charge in [0.2, 0.25) is 11.8 Å². The molecule has 102 valence electrons. The van der Waals surface area contributed by atoms with Crippen molar-refractivity contribution in [1.82, 2.24) is 10.2 Å². The van der Waals surface area contributed by atoms with E-state index in [1.165, 1.54) is 19.2 Å². The van der Waals surface area contributed by atoms with E-state index in [1.807, 2.05) is 0 Å². The van der Waals surface area contributed by atoms with Crippen molar-refractivity contribution in [3.8, 4) is 5.75 Å². The number of likely N-dealkylation sites (tertiary alicyclic amines) is 1. The average molecular weight is 266 g/mol. The minimum absolute atomic E-state index is 0.0827. The summed E-state index contributed by atoms with van der Waals surface area (Å²) in [6.07, 6.45) is 0.0827. The van der Waals surface area contributed by atoms with Crippen molar-refractivity contribution in [3.63, 3.8) is 0 Å². The number of benzene rings is 1. The van der Waals surface area contributed by atoms with Crippen molar-refractivity contribution >= 4 is 11.8 Å². The van der Waals surface area contributed by atoms with Crippen LogP contribution in [-0.2, 0) is 9.59 Å². The van der Waals surface area contributed by atoms with E-state index in [0.29, 0.717) is 5.56 Å². The van der Waals surface area contributed by atoms with Crippen LogP contribution in [0.15, 0.2) is 18.2 Å². The Morgan fingerprint density at radius 3 is 2.68 bits per heavy atom. The zero-order valence-electron chi connectivity index (χ0n) is 10.7. The number of rotatable bonds is 3. The van der Waals surface area contributed by atoms with Crippen molar-refractivity contribution in [2.24, 2.45) is 0 Å². The van der Waals surface area contributed by atoms with E-state index in [9.17, 15) is 14.0 Å². The largest absolute Gasteiger partial charge is 0.508 e. The Balaban J connectivity index is 2.11. The molecule has 2 amide bonds. The number of likely N-dealkylation sites (N-methyl/N-ethyl adjacent to an activating group) is 1. The molecule has 5 nitrogen and oxygen atoms in total. The van der Waals surface area contributed by atoms with Gasteiger partial charge in [-0.1, -0.05) is 6.07 Å². The van der Waals surface area contributed by atoms with Crippen LogP contribution < -0.4 is 5.32 Å². The molecule has 1 fully saturated rings. The molecular formula is C13H15FN2O3. The van der Waals surface area contributed by atoms with Crippen molar-refractivity contribution in [2.75, 3.05) is 7.05 Å². The monoisotopic (exact) mass is 266 g/mol. The lowest BCUT2D eigenvalue weighted by Crippen LogP contribution is -2.38. The summed E-state index contributed by atoms with van der Waals surface area (Å²) >= 11 is 0. The Hall–Kier alpha value is -1.95. The highest BCUT2D eigenvalue weighted by molar-refractivity contribution is 6.05. The number of nitrogens with zero attached hydrogens (tertiary/aromatic N) is 1. The first-order chi connectivity index (χ1) is 8.90. The summed E-state index contributed by atoms with van der Waals surface area (Å²) in [5.74, 6) is -1.26. The number of carbonyl (C=O) groups excluding carboxylic acids is 2. The summed E-state index contributed by atoms with van der Waals surface area (Å²) in [6, 6.07) is 2.79. The van der Waals surface area contributed by atoms with Crippen molar-refractivity contribution in [2.45, 2.75) is 25.4 Å². The van der Waals surface area contributed by atoms with Gasteiger partial charge in [0.25, 0.3) is 0 Å². The summed E-state index contributed by atoms with van der Waals surface area (Å²) in [6.45, 7) is 1.70. The molecular weight excluding hydrogens is 251 g/mol. The molecule has 0 bridgehead atoms. The van der Waals surface area contributed by atoms with Gasteiger partial charge in [-0.25, -0.2) is 4.39 Å². The van der Waals surface area contributed by atoms with Gasteiger partial charge in [-0.05, 0) is 13.0 Å². The van der Waals surface area contributed by atoms with Gasteiger partial charge < -0.3 is 5.11 Å². The number of amides is 2. The molecule has 0 saturated carbocycles. The molecule has 0 radical (unpaired) electrons. The fraction of sp³-hybridized carbons (Fsp3) is 0.385. The molecule has 2 N–H and O–H groups in total. The third kappa shape index (κ3) is 2.58. The lowest BCUT2D eigenvalue weighted by molar-refractivity contribution is -0.137. The van der Waals surface area contributed by atoms with E-state index >= 15 is 0 Å². The first kappa shape index (κ1) is 13.5. The number of aromatic hydroxyl groups is 1. The standard InChI is InChI=1S/C13H15FN2O3/c1-7(9-4-3-8(17)5-10(9)14)15-11-6-12(18)16(2)13(11)19/h3-5,7,11,15,17H,6H2,1-2H3. The Kier molecular flexibility index (Phi) is 3.53. The van der Waals surface area contributed by atoms with Crippen LogP contribution in [0.2, 0.25) is 0 Å². The molecule has 6 heteroatoms. The quantitative estimate of drug-likeness (QED) is 0.799. The molecule has 2 atom stereocenters. The van der Waals surface area contributed by atoms with Crippen LogP contribution in [0.1, 0.15) is 24.9 Å². The van der Waals surface area contributed by atoms with Gasteiger partial charge in [0.05, 0.1) is 12.5 Å². The smallest absolute Gasteiger partial charge is 0.246 e. The predicted molar refractivity (Wildman–Crippen MR) is 65.8 cm³/mol. The molecule has 0 aromatic heterocycles. The second kappa shape index (κ2) is 4.97. The molecule has 0 spiro atoms. The van der Waals surface area contributed by atoms with Gasteiger partial charge >= 0.3 is 0 Å². The van der Waals surface area contributed by atoms with Crippen LogP contribution in [0.25, 0.3) is 0 Å². The molecule has 1 aromatic carbocycles. The van der Waals surface area contributed by atoms with Crippen LogP contribution in [-0.4, -0.2) is 34.9 Å². The molecule has 1 aromatic rings. The summed E-state index contributed by atoms with van der Waals surface area (Å²) in [7, 11) is 1.43. The van der Waals surface area contributed by atoms with Gasteiger partial charge in [-0.15, -0.1) is 0 Å². The van der Waals surface area contributed by atoms with Crippen LogP contribution in [0.3, 0.4) is 0 Å². The first-order valence-corrected chi connectivity index (χ1v) is 5.95. The minimum Gasteiger partial charge on any atom is -0.508 e. The van der Waals surface area contributed by atoms with Gasteiger partial charge in [-0.3, -0.25) is 19.8 Å². The highest BCUT2D eigenvalue weighted by Crippen LogP contribution is 2.23. The van der Waals surface area contributed by atoms with Gasteiger partial charge in [-0.2, -0.15) is 0 Å². The predicted octanol–water partition coefficient (Wildman–Crippen LogP) is 0.939. The molecule has 19 heavy (non-hydrogen) atoms. The maximum absolute atomic E-state index is 13.7. The summed E-state index contributed by atoms with van der Waals surface area (Å²) in [5, 5.41) is 12.1. The zero-order valence-corrected chi connectivity index (χ0v) is 10.7. The maximum atomic E-state index is 13.7. The number of nitrogens with one attached hydrogen (secondary N) is 1. The van der Waals surface area contributed by atoms with Crippen LogP contribution in [0.4, 0.5) is 4.39 Å². The molecule has 2 unspecified atom stereocenters. The van der Waals surface area contributed by atoms with Gasteiger partial charge in [0.15, 0.2) is 0 Å². The molecule has 1 heterocycles. The molecule has 0 aliphatic carbocycles. The van der Waals surface area contributed by atoms with E-state index in [1.54, 1.807) is 6.92 Å². The summed E-state index contributed by atoms with van der Waals surface area (Å²) in [4.78, 5) is 24.2. The number of imide groups is 1. The Morgan fingerprint density at radius 1 is 1.47 bits per heavy atom. The van der Waals surface area contributed by atoms with Gasteiger partial charge in [0.1, 0.15) is 11.6 Å². The number of carbonyl (C=O) groups is 2. The number of phenolic OH excluding ortho intramolecular Hbond substituents is 1. The lowest BCUT2D eigenvalue weighted by atomic mass is 10.1. The Morgan fingerprint density at radius 2 is 2.16 bits per heavy atom. The van der Waals surface area contributed by atoms with E-state index in [4.69, 9.17) is 5.11 Å². The number of hydrogen-bond donors (Lipinski definition) is 2. The van der Waals surface area contributed by atoms with E-state index in [-0.39, 0.29) is 24.0 Å². The summed E-state index contributed by atoms with van der Waals surface area (Å²) in [5.41, 5.74) is 0.340. The van der Waals surface area contributed by atoms with E-state index < -0.39 is 17.9 Å². The van der Waals surface area contributed by atoms with Crippen LogP contribution in [0, 0.1) is 5.82 Å². The molecule has 1 saturated heterocycles. The Bertz CT molecular complexity index is 533. The first-order valence-electron chi connectivity index (χ1n) is 5.95. The maximum Gasteiger partial charge on any atom is 0.246 e. The van der Waals surface area contributed by atoms with Crippen molar-refractivity contribution in [1.29, 1.82) is 0 Å². The fourth-order valence-corrected chi connectivity index (χ4v) is 2.14. The topological polar surface area (TPSA) is 69.6 Å². The van der Waals surface area contributed by atoms with Gasteiger partial charge in [0, 0.05) is 24.7 Å². The third-order valence-corrected chi connectivity index (χ3v) is 3.28. The van der Waals surface area contributed by atoms with Crippen LogP contribution >= 0.6 is 0 Å². The SMILES string of the molecule is CC(NC1CC(=O)N(C)C1=O)c1ccc(O)cc1F. The molecule has 2 rings (SSSR count). The zero-order chi connectivity index (χ0) is 14.2. The van der Waals surface area contributed by atoms with Crippen LogP contribution in [0.5, 0.6) is 5.75 Å². The minimum atomic E-state index is -0.624. The highest BCUT2D eigenvalue weighted by atomic mass is 19.1. The van der Waals surface area contributed by atoms with Crippen molar-refractivity contribution in [3.05, 3.63) is 29.6 Å². The fourth-order valence-electron chi connectivity index (χ4n) is 2.14. The number of halogens is 1. The normalized spacial score (nSPS) is 21.0. The number of phenols is 1.